The molecule has 0 bridgehead atoms. The number of benzene rings is 1. The lowest BCUT2D eigenvalue weighted by atomic mass is 9.50. The molecule has 0 aromatic heterocycles. The minimum atomic E-state index is -1.62. The molecule has 11 nitrogen and oxygen atoms in total. The Morgan fingerprint density at radius 1 is 1.05 bits per heavy atom. The van der Waals surface area contributed by atoms with Crippen LogP contribution in [0.25, 0.3) is 6.08 Å². The number of carbonyl (C=O) groups is 1. The van der Waals surface area contributed by atoms with Gasteiger partial charge in [-0.15, -0.1) is 0 Å². The number of esters is 1. The van der Waals surface area contributed by atoms with Crippen molar-refractivity contribution in [1.29, 1.82) is 0 Å². The van der Waals surface area contributed by atoms with Crippen LogP contribution in [0.2, 0.25) is 0 Å². The number of rotatable bonds is 7. The van der Waals surface area contributed by atoms with E-state index >= 15 is 0 Å². The molecule has 1 aromatic rings. The van der Waals surface area contributed by atoms with Gasteiger partial charge in [0, 0.05) is 6.08 Å². The monoisotopic (exact) mass is 580 g/mol. The maximum absolute atomic E-state index is 12.3. The molecule has 230 valence electrons. The number of ether oxygens (including phenoxy) is 3. The van der Waals surface area contributed by atoms with E-state index in [2.05, 4.69) is 0 Å². The summed E-state index contributed by atoms with van der Waals surface area (Å²) in [4.78, 5) is 12.3. The first-order chi connectivity index (χ1) is 19.1. The molecule has 3 fully saturated rings. The predicted octanol–water partition coefficient (Wildman–Crippen LogP) is 1.59. The maximum atomic E-state index is 12.3. The molecule has 2 aliphatic carbocycles. The van der Waals surface area contributed by atoms with Gasteiger partial charge in [0.1, 0.15) is 31.0 Å². The van der Waals surface area contributed by atoms with Crippen LogP contribution in [0.15, 0.2) is 24.3 Å². The molecule has 7 N–H and O–H groups in total. The number of aliphatic hydroxyl groups excluding tert-OH is 3. The van der Waals surface area contributed by atoms with Crippen molar-refractivity contribution >= 4 is 12.0 Å². The second-order valence-corrected chi connectivity index (χ2v) is 12.8. The van der Waals surface area contributed by atoms with Crippen molar-refractivity contribution in [3.63, 3.8) is 0 Å². The summed E-state index contributed by atoms with van der Waals surface area (Å²) < 4.78 is 17.3. The van der Waals surface area contributed by atoms with Gasteiger partial charge in [0.05, 0.1) is 17.3 Å². The van der Waals surface area contributed by atoms with Crippen LogP contribution in [0.3, 0.4) is 0 Å². The second kappa shape index (κ2) is 11.8. The third kappa shape index (κ3) is 6.41. The molecule has 2 saturated carbocycles. The van der Waals surface area contributed by atoms with Gasteiger partial charge in [-0.25, -0.2) is 4.79 Å². The highest BCUT2D eigenvalue weighted by Gasteiger charge is 2.60. The molecule has 0 amide bonds. The Labute approximate surface area is 240 Å². The van der Waals surface area contributed by atoms with E-state index in [1.807, 2.05) is 20.8 Å². The van der Waals surface area contributed by atoms with Crippen molar-refractivity contribution in [3.8, 4) is 11.5 Å². The SMILES string of the molecule is CC(C)[C@@]1(O)CC[C@@]2(C)[C@H](O[C@H]3O[C@@H](COC(=O)C=Cc4ccc(O)c(O)c4)[C@H](O)[C@H](O)[C@H]3O)CC[C@](C)(O)[C@H]2C1. The number of aliphatic hydroxyl groups is 5. The number of fused-ring (bicyclic) bond motifs is 1. The third-order valence-corrected chi connectivity index (χ3v) is 9.69. The van der Waals surface area contributed by atoms with E-state index in [-0.39, 0.29) is 23.3 Å². The van der Waals surface area contributed by atoms with Crippen LogP contribution in [0, 0.1) is 17.3 Å². The molecule has 3 aliphatic rings. The topological polar surface area (TPSA) is 186 Å². The molecule has 11 heteroatoms. The van der Waals surface area contributed by atoms with Gasteiger partial charge in [-0.2, -0.15) is 0 Å². The standard InChI is InChI=1S/C30H44O11/c1-16(2)30(38)12-11-28(3)21(14-30)29(4,37)10-9-22(28)41-27-26(36)25(35)24(34)20(40-27)15-39-23(33)8-6-17-5-7-18(31)19(32)13-17/h5-8,13,16,20-22,24-27,31-32,34-38H,9-12,14-15H2,1-4H3/t20-,21-,22+,24-,25-,26+,27+,28+,29-,30+/m0/s1. The van der Waals surface area contributed by atoms with Crippen LogP contribution in [0.5, 0.6) is 11.5 Å². The van der Waals surface area contributed by atoms with E-state index in [0.29, 0.717) is 37.7 Å². The molecule has 1 aromatic carbocycles. The average molecular weight is 581 g/mol. The van der Waals surface area contributed by atoms with Crippen molar-refractivity contribution in [3.05, 3.63) is 29.8 Å². The van der Waals surface area contributed by atoms with E-state index in [1.54, 1.807) is 6.92 Å². The normalized spacial score (nSPS) is 41.4. The molecule has 1 heterocycles. The summed E-state index contributed by atoms with van der Waals surface area (Å²) in [7, 11) is 0. The van der Waals surface area contributed by atoms with Gasteiger partial charge in [-0.3, -0.25) is 0 Å². The summed E-state index contributed by atoms with van der Waals surface area (Å²) in [5.74, 6) is -1.70. The van der Waals surface area contributed by atoms with Crippen molar-refractivity contribution < 1.29 is 54.8 Å². The molecule has 41 heavy (non-hydrogen) atoms. The summed E-state index contributed by atoms with van der Waals surface area (Å²) in [5.41, 5.74) is -2.06. The first-order valence-corrected chi connectivity index (χ1v) is 14.2. The Morgan fingerprint density at radius 2 is 1.76 bits per heavy atom. The number of hydrogen-bond donors (Lipinski definition) is 7. The van der Waals surface area contributed by atoms with E-state index in [9.17, 15) is 40.5 Å². The zero-order chi connectivity index (χ0) is 30.3. The predicted molar refractivity (Wildman–Crippen MR) is 146 cm³/mol. The van der Waals surface area contributed by atoms with Gasteiger partial charge in [0.15, 0.2) is 17.8 Å². The number of phenols is 2. The Kier molecular flexibility index (Phi) is 9.11. The van der Waals surface area contributed by atoms with Gasteiger partial charge in [-0.1, -0.05) is 26.8 Å². The fourth-order valence-electron chi connectivity index (χ4n) is 6.69. The fourth-order valence-corrected chi connectivity index (χ4v) is 6.69. The van der Waals surface area contributed by atoms with Crippen LogP contribution in [0.1, 0.15) is 65.4 Å². The Morgan fingerprint density at radius 3 is 2.41 bits per heavy atom. The molecule has 1 saturated heterocycles. The maximum Gasteiger partial charge on any atom is 0.330 e. The minimum Gasteiger partial charge on any atom is -0.504 e. The second-order valence-electron chi connectivity index (χ2n) is 12.8. The van der Waals surface area contributed by atoms with Crippen molar-refractivity contribution in [2.45, 2.75) is 108 Å². The molecule has 10 atom stereocenters. The molecule has 0 spiro atoms. The number of carbonyl (C=O) groups excluding carboxylic acids is 1. The number of aromatic hydroxyl groups is 2. The Balaban J connectivity index is 1.42. The zero-order valence-corrected chi connectivity index (χ0v) is 24.0. The first-order valence-electron chi connectivity index (χ1n) is 14.2. The summed E-state index contributed by atoms with van der Waals surface area (Å²) in [6, 6.07) is 4.02. The summed E-state index contributed by atoms with van der Waals surface area (Å²) >= 11 is 0. The highest BCUT2D eigenvalue weighted by atomic mass is 16.7. The van der Waals surface area contributed by atoms with Gasteiger partial charge in [-0.05, 0) is 80.1 Å². The van der Waals surface area contributed by atoms with Crippen LogP contribution >= 0.6 is 0 Å². The van der Waals surface area contributed by atoms with E-state index in [4.69, 9.17) is 14.2 Å². The van der Waals surface area contributed by atoms with Crippen LogP contribution < -0.4 is 0 Å². The van der Waals surface area contributed by atoms with Crippen LogP contribution in [-0.4, -0.2) is 96.3 Å². The molecule has 4 rings (SSSR count). The highest BCUT2D eigenvalue weighted by molar-refractivity contribution is 5.87. The van der Waals surface area contributed by atoms with Crippen LogP contribution in [0.4, 0.5) is 0 Å². The molecular formula is C30H44O11. The molecule has 0 radical (unpaired) electrons. The van der Waals surface area contributed by atoms with Gasteiger partial charge in [0.25, 0.3) is 0 Å². The Bertz CT molecular complexity index is 1120. The average Bonchev–Trinajstić information content (AvgIpc) is 2.91. The first kappa shape index (κ1) is 31.7. The zero-order valence-electron chi connectivity index (χ0n) is 24.0. The van der Waals surface area contributed by atoms with Gasteiger partial charge < -0.3 is 50.0 Å². The van der Waals surface area contributed by atoms with Crippen molar-refractivity contribution in [1.82, 2.24) is 0 Å². The largest absolute Gasteiger partial charge is 0.504 e. The van der Waals surface area contributed by atoms with Crippen molar-refractivity contribution in [2.75, 3.05) is 6.61 Å². The smallest absolute Gasteiger partial charge is 0.330 e. The number of hydrogen-bond acceptors (Lipinski definition) is 11. The summed E-state index contributed by atoms with van der Waals surface area (Å²) in [5, 5.41) is 73.4. The van der Waals surface area contributed by atoms with Crippen LogP contribution in [-0.2, 0) is 19.0 Å². The number of phenolic OH excluding ortho intramolecular Hbond substituents is 2. The summed E-state index contributed by atoms with van der Waals surface area (Å²) in [6.07, 6.45) is -2.91. The fraction of sp³-hybridized carbons (Fsp3) is 0.700. The molecule has 0 unspecified atom stereocenters. The third-order valence-electron chi connectivity index (χ3n) is 9.69. The molecular weight excluding hydrogens is 536 g/mol. The van der Waals surface area contributed by atoms with Crippen molar-refractivity contribution in [2.24, 2.45) is 17.3 Å². The lowest BCUT2D eigenvalue weighted by Gasteiger charge is -2.60. The Hall–Kier alpha value is -2.25. The highest BCUT2D eigenvalue weighted by Crippen LogP contribution is 2.58. The lowest BCUT2D eigenvalue weighted by Crippen LogP contribution is -2.64. The quantitative estimate of drug-likeness (QED) is 0.141. The van der Waals surface area contributed by atoms with E-state index < -0.39 is 66.0 Å². The van der Waals surface area contributed by atoms with E-state index in [1.165, 1.54) is 24.3 Å². The van der Waals surface area contributed by atoms with Gasteiger partial charge in [0.2, 0.25) is 0 Å². The minimum absolute atomic E-state index is 0.0100. The molecule has 1 aliphatic heterocycles. The summed E-state index contributed by atoms with van der Waals surface area (Å²) in [6.45, 7) is 7.29. The van der Waals surface area contributed by atoms with Gasteiger partial charge >= 0.3 is 5.97 Å². The lowest BCUT2D eigenvalue weighted by molar-refractivity contribution is -0.333. The van der Waals surface area contributed by atoms with E-state index in [0.717, 1.165) is 6.08 Å².